The van der Waals surface area contributed by atoms with Crippen LogP contribution < -0.4 is 16.4 Å². The first-order valence-electron chi connectivity index (χ1n) is 2.72. The van der Waals surface area contributed by atoms with E-state index >= 15 is 0 Å². The molecular formula is C4H9Cl2N3. The van der Waals surface area contributed by atoms with Crippen molar-refractivity contribution in [3.8, 4) is 0 Å². The van der Waals surface area contributed by atoms with Crippen molar-refractivity contribution < 1.29 is 0 Å². The van der Waals surface area contributed by atoms with E-state index in [1.165, 1.54) is 0 Å². The summed E-state index contributed by atoms with van der Waals surface area (Å²) in [5.74, 6) is 0. The van der Waals surface area contributed by atoms with Crippen molar-refractivity contribution in [3.63, 3.8) is 0 Å². The van der Waals surface area contributed by atoms with E-state index in [9.17, 15) is 0 Å². The van der Waals surface area contributed by atoms with Crippen LogP contribution in [0.2, 0.25) is 0 Å². The van der Waals surface area contributed by atoms with Gasteiger partial charge in [-0.1, -0.05) is 0 Å². The molecule has 3 nitrogen and oxygen atoms in total. The summed E-state index contributed by atoms with van der Waals surface area (Å²) in [6.45, 7) is 0.621. The summed E-state index contributed by atoms with van der Waals surface area (Å²) in [6.07, 6.45) is 0. The van der Waals surface area contributed by atoms with Gasteiger partial charge in [0.05, 0.1) is 6.04 Å². The van der Waals surface area contributed by atoms with E-state index in [4.69, 9.17) is 28.9 Å². The number of halogens is 2. The van der Waals surface area contributed by atoms with Crippen LogP contribution >= 0.6 is 23.2 Å². The molecule has 0 radical (unpaired) electrons. The molecule has 0 saturated carbocycles. The Morgan fingerprint density at radius 2 is 1.67 bits per heavy atom. The van der Waals surface area contributed by atoms with Gasteiger partial charge in [0.25, 0.3) is 0 Å². The van der Waals surface area contributed by atoms with Crippen molar-refractivity contribution in [1.82, 2.24) is 10.6 Å². The fourth-order valence-electron chi connectivity index (χ4n) is 0.674. The smallest absolute Gasteiger partial charge is 0.102 e. The summed E-state index contributed by atoms with van der Waals surface area (Å²) >= 11 is 11.4. The van der Waals surface area contributed by atoms with Gasteiger partial charge in [0, 0.05) is 6.67 Å². The Labute approximate surface area is 63.9 Å². The Balaban J connectivity index is 2.41. The van der Waals surface area contributed by atoms with Gasteiger partial charge in [0.1, 0.15) is 11.0 Å². The lowest BCUT2D eigenvalue weighted by atomic mass is 10.3. The van der Waals surface area contributed by atoms with E-state index in [2.05, 4.69) is 10.6 Å². The van der Waals surface area contributed by atoms with Crippen molar-refractivity contribution in [1.29, 1.82) is 0 Å². The Hall–Kier alpha value is 0.460. The van der Waals surface area contributed by atoms with E-state index in [-0.39, 0.29) is 17.0 Å². The van der Waals surface area contributed by atoms with Gasteiger partial charge in [0.2, 0.25) is 0 Å². The SMILES string of the molecule is NC1C(Cl)NCNC1Cl. The first kappa shape index (κ1) is 7.57. The Kier molecular flexibility index (Phi) is 2.55. The average Bonchev–Trinajstić information content (AvgIpc) is 1.83. The second-order valence-electron chi connectivity index (χ2n) is 1.97. The van der Waals surface area contributed by atoms with E-state index in [0.717, 1.165) is 0 Å². The molecule has 0 aromatic carbocycles. The fraction of sp³-hybridized carbons (Fsp3) is 1.00. The predicted octanol–water partition coefficient (Wildman–Crippen LogP) is -0.406. The van der Waals surface area contributed by atoms with Gasteiger partial charge in [-0.3, -0.25) is 10.6 Å². The average molecular weight is 170 g/mol. The van der Waals surface area contributed by atoms with Crippen molar-refractivity contribution in [2.24, 2.45) is 5.73 Å². The van der Waals surface area contributed by atoms with Crippen LogP contribution in [-0.4, -0.2) is 23.7 Å². The number of hydrogen-bond donors (Lipinski definition) is 3. The molecule has 1 rings (SSSR count). The normalized spacial score (nSPS) is 45.0. The molecule has 0 aliphatic carbocycles. The molecule has 1 aliphatic heterocycles. The highest BCUT2D eigenvalue weighted by atomic mass is 35.5. The molecule has 4 N–H and O–H groups in total. The van der Waals surface area contributed by atoms with Gasteiger partial charge in [-0.05, 0) is 0 Å². The lowest BCUT2D eigenvalue weighted by molar-refractivity contribution is 0.386. The molecular weight excluding hydrogens is 161 g/mol. The molecule has 5 heteroatoms. The van der Waals surface area contributed by atoms with E-state index in [1.807, 2.05) is 0 Å². The first-order chi connectivity index (χ1) is 4.22. The molecule has 1 aliphatic rings. The molecule has 54 valence electrons. The third-order valence-corrected chi connectivity index (χ3v) is 2.16. The minimum Gasteiger partial charge on any atom is -0.323 e. The van der Waals surface area contributed by atoms with Crippen LogP contribution in [0, 0.1) is 0 Å². The molecule has 2 unspecified atom stereocenters. The van der Waals surface area contributed by atoms with E-state index < -0.39 is 0 Å². The summed E-state index contributed by atoms with van der Waals surface area (Å²) in [6, 6.07) is -0.220. The summed E-state index contributed by atoms with van der Waals surface area (Å²) in [5, 5.41) is 5.81. The van der Waals surface area contributed by atoms with Gasteiger partial charge >= 0.3 is 0 Å². The molecule has 1 saturated heterocycles. The number of alkyl halides is 2. The van der Waals surface area contributed by atoms with Crippen LogP contribution in [-0.2, 0) is 0 Å². The van der Waals surface area contributed by atoms with Crippen LogP contribution in [0.15, 0.2) is 0 Å². The lowest BCUT2D eigenvalue weighted by Crippen LogP contribution is -2.60. The van der Waals surface area contributed by atoms with Crippen molar-refractivity contribution in [2.75, 3.05) is 6.67 Å². The molecule has 9 heavy (non-hydrogen) atoms. The van der Waals surface area contributed by atoms with Crippen molar-refractivity contribution >= 4 is 23.2 Å². The Morgan fingerprint density at radius 3 is 2.00 bits per heavy atom. The highest BCUT2D eigenvalue weighted by Gasteiger charge is 2.26. The fourth-order valence-corrected chi connectivity index (χ4v) is 1.19. The van der Waals surface area contributed by atoms with Gasteiger partial charge in [0.15, 0.2) is 0 Å². The second kappa shape index (κ2) is 3.03. The maximum Gasteiger partial charge on any atom is 0.102 e. The lowest BCUT2D eigenvalue weighted by Gasteiger charge is -2.30. The van der Waals surface area contributed by atoms with Crippen LogP contribution in [0.4, 0.5) is 0 Å². The van der Waals surface area contributed by atoms with Crippen molar-refractivity contribution in [2.45, 2.75) is 17.0 Å². The maximum atomic E-state index is 5.70. The van der Waals surface area contributed by atoms with Gasteiger partial charge < -0.3 is 5.73 Å². The van der Waals surface area contributed by atoms with Crippen LogP contribution in [0.3, 0.4) is 0 Å². The second-order valence-corrected chi connectivity index (χ2v) is 2.91. The van der Waals surface area contributed by atoms with Gasteiger partial charge in [-0.15, -0.1) is 23.2 Å². The monoisotopic (exact) mass is 169 g/mol. The number of hydrogen-bond acceptors (Lipinski definition) is 3. The highest BCUT2D eigenvalue weighted by Crippen LogP contribution is 2.08. The van der Waals surface area contributed by atoms with Crippen molar-refractivity contribution in [3.05, 3.63) is 0 Å². The third-order valence-electron chi connectivity index (χ3n) is 1.27. The standard InChI is InChI=1S/C4H9Cl2N3/c5-3-2(7)4(6)9-1-8-3/h2-4,8-9H,1,7H2. The third kappa shape index (κ3) is 1.69. The zero-order valence-electron chi connectivity index (χ0n) is 4.77. The number of nitrogens with two attached hydrogens (primary N) is 1. The molecule has 2 atom stereocenters. The quantitative estimate of drug-likeness (QED) is 0.342. The van der Waals surface area contributed by atoms with Gasteiger partial charge in [-0.25, -0.2) is 0 Å². The molecule has 1 fully saturated rings. The Morgan fingerprint density at radius 1 is 1.22 bits per heavy atom. The molecule has 0 aromatic heterocycles. The number of rotatable bonds is 0. The molecule has 0 aromatic rings. The summed E-state index contributed by atoms with van der Waals surface area (Å²) in [7, 11) is 0. The van der Waals surface area contributed by atoms with Gasteiger partial charge in [-0.2, -0.15) is 0 Å². The zero-order chi connectivity index (χ0) is 6.85. The molecule has 0 bridgehead atoms. The van der Waals surface area contributed by atoms with Crippen LogP contribution in [0.1, 0.15) is 0 Å². The molecule has 1 heterocycles. The maximum absolute atomic E-state index is 5.70. The number of nitrogens with one attached hydrogen (secondary N) is 2. The minimum absolute atomic E-state index is 0.214. The topological polar surface area (TPSA) is 50.1 Å². The summed E-state index contributed by atoms with van der Waals surface area (Å²) < 4.78 is 0. The summed E-state index contributed by atoms with van der Waals surface area (Å²) in [4.78, 5) is 0. The zero-order valence-corrected chi connectivity index (χ0v) is 6.28. The predicted molar refractivity (Wildman–Crippen MR) is 38.4 cm³/mol. The molecule has 0 spiro atoms. The van der Waals surface area contributed by atoms with Crippen LogP contribution in [0.5, 0.6) is 0 Å². The highest BCUT2D eigenvalue weighted by molar-refractivity contribution is 6.24. The first-order valence-corrected chi connectivity index (χ1v) is 3.59. The van der Waals surface area contributed by atoms with E-state index in [0.29, 0.717) is 6.67 Å². The minimum atomic E-state index is -0.220. The largest absolute Gasteiger partial charge is 0.323 e. The van der Waals surface area contributed by atoms with E-state index in [1.54, 1.807) is 0 Å². The molecule has 0 amide bonds. The summed E-state index contributed by atoms with van der Waals surface area (Å²) in [5.41, 5.74) is 5.10. The van der Waals surface area contributed by atoms with Crippen LogP contribution in [0.25, 0.3) is 0 Å². The Bertz CT molecular complexity index is 89.8.